The van der Waals surface area contributed by atoms with Crippen molar-refractivity contribution in [2.24, 2.45) is 0 Å². The molecule has 0 spiro atoms. The van der Waals surface area contributed by atoms with E-state index < -0.39 is 5.60 Å². The van der Waals surface area contributed by atoms with Crippen LogP contribution in [0.2, 0.25) is 0 Å². The molecule has 0 saturated heterocycles. The highest BCUT2D eigenvalue weighted by Gasteiger charge is 2.23. The van der Waals surface area contributed by atoms with E-state index in [1.165, 1.54) is 11.1 Å². The molecule has 0 aromatic carbocycles. The number of hydrogen-bond acceptors (Lipinski definition) is 2. The minimum atomic E-state index is -0.442. The molecule has 3 nitrogen and oxygen atoms in total. The zero-order valence-corrected chi connectivity index (χ0v) is 15.0. The second-order valence-electron chi connectivity index (χ2n) is 5.74. The monoisotopic (exact) mass is 305 g/mol. The van der Waals surface area contributed by atoms with Crippen molar-refractivity contribution in [3.63, 3.8) is 0 Å². The minimum Gasteiger partial charge on any atom is -0.444 e. The van der Waals surface area contributed by atoms with Gasteiger partial charge in [-0.1, -0.05) is 50.8 Å². The molecular formula is C19H31NO2. The molecule has 0 bridgehead atoms. The van der Waals surface area contributed by atoms with E-state index in [0.717, 1.165) is 6.42 Å². The molecule has 0 saturated carbocycles. The Bertz CT molecular complexity index is 451. The molecule has 22 heavy (non-hydrogen) atoms. The van der Waals surface area contributed by atoms with E-state index >= 15 is 0 Å². The summed E-state index contributed by atoms with van der Waals surface area (Å²) in [5.74, 6) is 0. The van der Waals surface area contributed by atoms with Gasteiger partial charge < -0.3 is 9.64 Å². The number of carbonyl (C=O) groups excluding carboxylic acids is 1. The number of hydrogen-bond donors (Lipinski definition) is 0. The Morgan fingerprint density at radius 2 is 2.00 bits per heavy atom. The van der Waals surface area contributed by atoms with Crippen LogP contribution in [0.1, 0.15) is 48.0 Å². The van der Waals surface area contributed by atoms with Crippen molar-refractivity contribution in [1.82, 2.24) is 4.90 Å². The molecule has 0 N–H and O–H groups in total. The molecule has 0 fully saturated rings. The van der Waals surface area contributed by atoms with Gasteiger partial charge in [-0.25, -0.2) is 4.79 Å². The van der Waals surface area contributed by atoms with Gasteiger partial charge in [-0.05, 0) is 45.3 Å². The Hall–Kier alpha value is -1.77. The Morgan fingerprint density at radius 1 is 1.36 bits per heavy atom. The first-order chi connectivity index (χ1) is 10.4. The predicted octanol–water partition coefficient (Wildman–Crippen LogP) is 5.27. The van der Waals surface area contributed by atoms with E-state index in [9.17, 15) is 4.79 Å². The lowest BCUT2D eigenvalue weighted by molar-refractivity contribution is 0.0266. The molecule has 0 radical (unpaired) electrons. The van der Waals surface area contributed by atoms with Crippen LogP contribution in [0.15, 0.2) is 48.1 Å². The Balaban J connectivity index is 0.00000211. The van der Waals surface area contributed by atoms with Crippen molar-refractivity contribution >= 4 is 6.09 Å². The number of nitrogens with zero attached hydrogens (tertiary/aromatic N) is 1. The normalized spacial score (nSPS) is 15.8. The van der Waals surface area contributed by atoms with Gasteiger partial charge >= 0.3 is 6.09 Å². The van der Waals surface area contributed by atoms with Gasteiger partial charge in [0.15, 0.2) is 0 Å². The van der Waals surface area contributed by atoms with Crippen molar-refractivity contribution < 1.29 is 9.53 Å². The van der Waals surface area contributed by atoms with Crippen molar-refractivity contribution in [3.8, 4) is 0 Å². The lowest BCUT2D eigenvalue weighted by atomic mass is 9.99. The van der Waals surface area contributed by atoms with Crippen molar-refractivity contribution in [2.75, 3.05) is 13.1 Å². The second kappa shape index (κ2) is 10.0. The molecule has 124 valence electrons. The molecular weight excluding hydrogens is 274 g/mol. The van der Waals surface area contributed by atoms with E-state index in [2.05, 4.69) is 18.7 Å². The van der Waals surface area contributed by atoms with E-state index in [4.69, 9.17) is 4.74 Å². The lowest BCUT2D eigenvalue weighted by Crippen LogP contribution is -2.39. The van der Waals surface area contributed by atoms with Crippen LogP contribution in [0.5, 0.6) is 0 Å². The van der Waals surface area contributed by atoms with Gasteiger partial charge in [-0.2, -0.15) is 0 Å². The van der Waals surface area contributed by atoms with Crippen LogP contribution in [0.4, 0.5) is 4.79 Å². The third-order valence-corrected chi connectivity index (χ3v) is 2.95. The van der Waals surface area contributed by atoms with Crippen molar-refractivity contribution in [2.45, 2.75) is 53.6 Å². The fourth-order valence-corrected chi connectivity index (χ4v) is 1.98. The number of rotatable bonds is 3. The second-order valence-corrected chi connectivity index (χ2v) is 5.74. The zero-order chi connectivity index (χ0) is 17.2. The first-order valence-corrected chi connectivity index (χ1v) is 8.00. The smallest absolute Gasteiger partial charge is 0.410 e. The summed E-state index contributed by atoms with van der Waals surface area (Å²) in [4.78, 5) is 13.7. The topological polar surface area (TPSA) is 29.5 Å². The molecule has 0 aromatic rings. The van der Waals surface area contributed by atoms with Crippen LogP contribution in [-0.2, 0) is 4.74 Å². The summed E-state index contributed by atoms with van der Waals surface area (Å²) < 4.78 is 5.38. The third-order valence-electron chi connectivity index (χ3n) is 2.95. The quantitative estimate of drug-likeness (QED) is 0.665. The van der Waals surface area contributed by atoms with E-state index in [1.54, 1.807) is 11.0 Å². The van der Waals surface area contributed by atoms with Crippen molar-refractivity contribution in [1.29, 1.82) is 0 Å². The van der Waals surface area contributed by atoms with Crippen LogP contribution in [0.3, 0.4) is 0 Å². The van der Waals surface area contributed by atoms with E-state index in [0.29, 0.717) is 13.1 Å². The van der Waals surface area contributed by atoms with Gasteiger partial charge in [0.05, 0.1) is 0 Å². The van der Waals surface area contributed by atoms with E-state index in [1.807, 2.05) is 53.7 Å². The summed E-state index contributed by atoms with van der Waals surface area (Å²) in [7, 11) is 0. The predicted molar refractivity (Wildman–Crippen MR) is 94.9 cm³/mol. The fourth-order valence-electron chi connectivity index (χ4n) is 1.98. The SMILES string of the molecule is C=C/C=C\C(=C/C)C1=CCN(C(=O)OC(C)(C)C)CC1.CC. The Labute approximate surface area is 136 Å². The Morgan fingerprint density at radius 3 is 2.41 bits per heavy atom. The van der Waals surface area contributed by atoms with Gasteiger partial charge in [-0.3, -0.25) is 0 Å². The van der Waals surface area contributed by atoms with Crippen LogP contribution < -0.4 is 0 Å². The highest BCUT2D eigenvalue weighted by molar-refractivity contribution is 5.68. The summed E-state index contributed by atoms with van der Waals surface area (Å²) >= 11 is 0. The molecule has 1 heterocycles. The van der Waals surface area contributed by atoms with Crippen LogP contribution in [-0.4, -0.2) is 29.7 Å². The van der Waals surface area contributed by atoms with Crippen LogP contribution in [0, 0.1) is 0 Å². The summed E-state index contributed by atoms with van der Waals surface area (Å²) in [6.07, 6.45) is 10.5. The maximum atomic E-state index is 12.0. The molecule has 0 unspecified atom stereocenters. The van der Waals surface area contributed by atoms with Gasteiger partial charge in [0.1, 0.15) is 5.60 Å². The van der Waals surface area contributed by atoms with Gasteiger partial charge in [-0.15, -0.1) is 0 Å². The summed E-state index contributed by atoms with van der Waals surface area (Å²) in [5.41, 5.74) is 2.02. The molecule has 3 heteroatoms. The average Bonchev–Trinajstić information content (AvgIpc) is 2.49. The minimum absolute atomic E-state index is 0.239. The first-order valence-electron chi connectivity index (χ1n) is 8.00. The van der Waals surface area contributed by atoms with Gasteiger partial charge in [0.2, 0.25) is 0 Å². The highest BCUT2D eigenvalue weighted by atomic mass is 16.6. The summed E-state index contributed by atoms with van der Waals surface area (Å²) in [5, 5.41) is 0. The standard InChI is InChI=1S/C17H25NO2.C2H6/c1-6-8-9-14(7-2)15-10-12-18(13-11-15)16(19)20-17(3,4)5;1-2/h6-10H,1,11-13H2,2-5H3;1-2H3/b9-8-,14-7+;. The molecule has 0 aliphatic carbocycles. The van der Waals surface area contributed by atoms with Gasteiger partial charge in [0, 0.05) is 13.1 Å². The number of allylic oxidation sites excluding steroid dienone is 5. The third kappa shape index (κ3) is 7.30. The van der Waals surface area contributed by atoms with Crippen LogP contribution in [0.25, 0.3) is 0 Å². The molecule has 1 aliphatic rings. The Kier molecular flexibility index (Phi) is 9.23. The first kappa shape index (κ1) is 20.2. The maximum Gasteiger partial charge on any atom is 0.410 e. The summed E-state index contributed by atoms with van der Waals surface area (Å²) in [6.45, 7) is 16.6. The summed E-state index contributed by atoms with van der Waals surface area (Å²) in [6, 6.07) is 0. The molecule has 1 rings (SSSR count). The molecule has 0 aromatic heterocycles. The zero-order valence-electron chi connectivity index (χ0n) is 15.0. The average molecular weight is 305 g/mol. The fraction of sp³-hybridized carbons (Fsp3) is 0.526. The molecule has 1 amide bonds. The molecule has 0 atom stereocenters. The van der Waals surface area contributed by atoms with Crippen molar-refractivity contribution in [3.05, 3.63) is 48.1 Å². The maximum absolute atomic E-state index is 12.0. The molecule has 1 aliphatic heterocycles. The lowest BCUT2D eigenvalue weighted by Gasteiger charge is -2.29. The number of amides is 1. The largest absolute Gasteiger partial charge is 0.444 e. The number of ether oxygens (including phenoxy) is 1. The number of carbonyl (C=O) groups is 1. The van der Waals surface area contributed by atoms with E-state index in [-0.39, 0.29) is 6.09 Å². The van der Waals surface area contributed by atoms with Crippen LogP contribution >= 0.6 is 0 Å². The highest BCUT2D eigenvalue weighted by Crippen LogP contribution is 2.21. The van der Waals surface area contributed by atoms with Gasteiger partial charge in [0.25, 0.3) is 0 Å².